The van der Waals surface area contributed by atoms with E-state index >= 15 is 0 Å². The highest BCUT2D eigenvalue weighted by atomic mass is 32.2. The molecule has 0 saturated heterocycles. The lowest BCUT2D eigenvalue weighted by molar-refractivity contribution is 0.599. The average molecular weight is 269 g/mol. The SMILES string of the molecule is Cc1nn(C)c(C)c1S(=O)(=O)Nc1cn[nH]c1C. The molecule has 98 valence electrons. The van der Waals surface area contributed by atoms with Gasteiger partial charge in [-0.3, -0.25) is 14.5 Å². The van der Waals surface area contributed by atoms with Gasteiger partial charge in [-0.2, -0.15) is 10.2 Å². The molecule has 2 aromatic heterocycles. The molecule has 0 spiro atoms. The molecule has 0 fully saturated rings. The van der Waals surface area contributed by atoms with E-state index in [2.05, 4.69) is 20.0 Å². The monoisotopic (exact) mass is 269 g/mol. The number of aromatic amines is 1. The first kappa shape index (κ1) is 12.6. The van der Waals surface area contributed by atoms with Crippen LogP contribution in [0.5, 0.6) is 0 Å². The molecule has 0 bridgehead atoms. The van der Waals surface area contributed by atoms with Crippen molar-refractivity contribution in [1.82, 2.24) is 20.0 Å². The molecule has 7 nitrogen and oxygen atoms in total. The minimum atomic E-state index is -3.64. The lowest BCUT2D eigenvalue weighted by Gasteiger charge is -2.07. The van der Waals surface area contributed by atoms with Crippen LogP contribution in [0.15, 0.2) is 11.1 Å². The molecule has 0 aromatic carbocycles. The number of hydrogen-bond acceptors (Lipinski definition) is 4. The number of rotatable bonds is 3. The average Bonchev–Trinajstić information content (AvgIpc) is 2.73. The standard InChI is InChI=1S/C10H15N5O2S/c1-6-9(5-11-12-6)14-18(16,17)10-7(2)13-15(4)8(10)3/h5,14H,1-4H3,(H,11,12). The lowest BCUT2D eigenvalue weighted by atomic mass is 10.4. The summed E-state index contributed by atoms with van der Waals surface area (Å²) >= 11 is 0. The Morgan fingerprint density at radius 1 is 1.33 bits per heavy atom. The van der Waals surface area contributed by atoms with Crippen molar-refractivity contribution in [3.8, 4) is 0 Å². The molecule has 0 saturated carbocycles. The molecule has 2 aromatic rings. The minimum Gasteiger partial charge on any atom is -0.281 e. The summed E-state index contributed by atoms with van der Waals surface area (Å²) in [7, 11) is -1.93. The van der Waals surface area contributed by atoms with Gasteiger partial charge in [0.1, 0.15) is 4.90 Å². The first-order chi connectivity index (χ1) is 8.33. The van der Waals surface area contributed by atoms with Gasteiger partial charge in [0.05, 0.1) is 29.0 Å². The maximum atomic E-state index is 12.3. The largest absolute Gasteiger partial charge is 0.281 e. The number of sulfonamides is 1. The predicted octanol–water partition coefficient (Wildman–Crippen LogP) is 0.869. The Morgan fingerprint density at radius 2 is 2.00 bits per heavy atom. The second kappa shape index (κ2) is 4.13. The summed E-state index contributed by atoms with van der Waals surface area (Å²) in [6.45, 7) is 5.13. The molecular formula is C10H15N5O2S. The highest BCUT2D eigenvalue weighted by molar-refractivity contribution is 7.92. The molecule has 0 aliphatic carbocycles. The van der Waals surface area contributed by atoms with Crippen LogP contribution in [0, 0.1) is 20.8 Å². The van der Waals surface area contributed by atoms with Crippen LogP contribution < -0.4 is 4.72 Å². The normalized spacial score (nSPS) is 11.8. The van der Waals surface area contributed by atoms with Crippen molar-refractivity contribution in [2.75, 3.05) is 4.72 Å². The van der Waals surface area contributed by atoms with E-state index in [-0.39, 0.29) is 4.90 Å². The third kappa shape index (κ3) is 1.99. The number of aryl methyl sites for hydroxylation is 3. The van der Waals surface area contributed by atoms with Crippen LogP contribution in [0.3, 0.4) is 0 Å². The smallest absolute Gasteiger partial charge is 0.265 e. The Bertz CT molecular complexity index is 683. The molecule has 0 unspecified atom stereocenters. The van der Waals surface area contributed by atoms with Gasteiger partial charge >= 0.3 is 0 Å². The highest BCUT2D eigenvalue weighted by Crippen LogP contribution is 2.22. The molecular weight excluding hydrogens is 254 g/mol. The van der Waals surface area contributed by atoms with Crippen molar-refractivity contribution in [1.29, 1.82) is 0 Å². The second-order valence-corrected chi connectivity index (χ2v) is 5.76. The number of aromatic nitrogens is 4. The zero-order chi connectivity index (χ0) is 13.5. The number of nitrogens with zero attached hydrogens (tertiary/aromatic N) is 3. The molecule has 0 radical (unpaired) electrons. The summed E-state index contributed by atoms with van der Waals surface area (Å²) in [4.78, 5) is 0.214. The van der Waals surface area contributed by atoms with Crippen molar-refractivity contribution in [2.24, 2.45) is 7.05 Å². The van der Waals surface area contributed by atoms with E-state index in [0.29, 0.717) is 22.8 Å². The first-order valence-corrected chi connectivity index (χ1v) is 6.84. The quantitative estimate of drug-likeness (QED) is 0.864. The van der Waals surface area contributed by atoms with Gasteiger partial charge in [0.2, 0.25) is 0 Å². The fourth-order valence-electron chi connectivity index (χ4n) is 1.79. The van der Waals surface area contributed by atoms with Gasteiger partial charge in [-0.15, -0.1) is 0 Å². The summed E-state index contributed by atoms with van der Waals surface area (Å²) in [6, 6.07) is 0. The third-order valence-electron chi connectivity index (χ3n) is 2.79. The van der Waals surface area contributed by atoms with E-state index in [9.17, 15) is 8.42 Å². The highest BCUT2D eigenvalue weighted by Gasteiger charge is 2.24. The molecule has 0 aliphatic rings. The minimum absolute atomic E-state index is 0.214. The molecule has 18 heavy (non-hydrogen) atoms. The molecule has 2 rings (SSSR count). The molecule has 0 atom stereocenters. The molecule has 8 heteroatoms. The molecule has 2 heterocycles. The van der Waals surface area contributed by atoms with Crippen molar-refractivity contribution in [3.63, 3.8) is 0 Å². The maximum Gasteiger partial charge on any atom is 0.265 e. The van der Waals surface area contributed by atoms with Gasteiger partial charge in [0.25, 0.3) is 10.0 Å². The lowest BCUT2D eigenvalue weighted by Crippen LogP contribution is -2.15. The van der Waals surface area contributed by atoms with Crippen LogP contribution in [0.25, 0.3) is 0 Å². The van der Waals surface area contributed by atoms with E-state index < -0.39 is 10.0 Å². The van der Waals surface area contributed by atoms with Crippen LogP contribution in [-0.4, -0.2) is 28.4 Å². The summed E-state index contributed by atoms with van der Waals surface area (Å²) in [5.74, 6) is 0. The van der Waals surface area contributed by atoms with Crippen LogP contribution in [0.2, 0.25) is 0 Å². The number of anilines is 1. The van der Waals surface area contributed by atoms with Gasteiger partial charge in [-0.25, -0.2) is 8.42 Å². The van der Waals surface area contributed by atoms with Gasteiger partial charge in [0, 0.05) is 7.05 Å². The Balaban J connectivity index is 2.46. The van der Waals surface area contributed by atoms with Gasteiger partial charge < -0.3 is 0 Å². The van der Waals surface area contributed by atoms with Crippen LogP contribution in [0.1, 0.15) is 17.1 Å². The van der Waals surface area contributed by atoms with Crippen LogP contribution in [-0.2, 0) is 17.1 Å². The Labute approximate surface area is 105 Å². The molecule has 0 aliphatic heterocycles. The van der Waals surface area contributed by atoms with Crippen LogP contribution >= 0.6 is 0 Å². The van der Waals surface area contributed by atoms with Gasteiger partial charge in [-0.1, -0.05) is 0 Å². The molecule has 2 N–H and O–H groups in total. The van der Waals surface area contributed by atoms with Gasteiger partial charge in [0.15, 0.2) is 0 Å². The third-order valence-corrected chi connectivity index (χ3v) is 4.40. The first-order valence-electron chi connectivity index (χ1n) is 5.36. The zero-order valence-corrected chi connectivity index (χ0v) is 11.5. The Morgan fingerprint density at radius 3 is 2.44 bits per heavy atom. The van der Waals surface area contributed by atoms with E-state index in [1.807, 2.05) is 0 Å². The number of hydrogen-bond donors (Lipinski definition) is 2. The van der Waals surface area contributed by atoms with E-state index in [4.69, 9.17) is 0 Å². The van der Waals surface area contributed by atoms with Crippen molar-refractivity contribution in [2.45, 2.75) is 25.7 Å². The second-order valence-electron chi connectivity index (χ2n) is 4.14. The fraction of sp³-hybridized carbons (Fsp3) is 0.400. The Kier molecular flexibility index (Phi) is 2.89. The summed E-state index contributed by atoms with van der Waals surface area (Å²) in [5.41, 5.74) is 2.18. The zero-order valence-electron chi connectivity index (χ0n) is 10.6. The van der Waals surface area contributed by atoms with Crippen molar-refractivity contribution in [3.05, 3.63) is 23.3 Å². The van der Waals surface area contributed by atoms with Gasteiger partial charge in [-0.05, 0) is 20.8 Å². The summed E-state index contributed by atoms with van der Waals surface area (Å²) in [6.07, 6.45) is 1.44. The Hall–Kier alpha value is -1.83. The summed E-state index contributed by atoms with van der Waals surface area (Å²) < 4.78 is 28.7. The van der Waals surface area contributed by atoms with E-state index in [1.165, 1.54) is 6.20 Å². The summed E-state index contributed by atoms with van der Waals surface area (Å²) in [5, 5.41) is 10.6. The fourth-order valence-corrected chi connectivity index (χ4v) is 3.34. The molecule has 0 amide bonds. The van der Waals surface area contributed by atoms with Crippen molar-refractivity contribution < 1.29 is 8.42 Å². The van der Waals surface area contributed by atoms with Crippen molar-refractivity contribution >= 4 is 15.7 Å². The predicted molar refractivity (Wildman–Crippen MR) is 66.8 cm³/mol. The number of H-pyrrole nitrogens is 1. The van der Waals surface area contributed by atoms with Crippen LogP contribution in [0.4, 0.5) is 5.69 Å². The van der Waals surface area contributed by atoms with E-state index in [0.717, 1.165) is 0 Å². The van der Waals surface area contributed by atoms with E-state index in [1.54, 1.807) is 32.5 Å². The number of nitrogens with one attached hydrogen (secondary N) is 2. The maximum absolute atomic E-state index is 12.3. The topological polar surface area (TPSA) is 92.7 Å².